The molecule has 0 saturated carbocycles. The van der Waals surface area contributed by atoms with Gasteiger partial charge in [-0.3, -0.25) is 0 Å². The largest absolute Gasteiger partial charge is 0.357 e. The van der Waals surface area contributed by atoms with E-state index in [4.69, 9.17) is 0 Å². The quantitative estimate of drug-likeness (QED) is 0.228. The SMILES string of the molecule is CCNC(=NCc1ncc(CC)s1)NCCCCN1CC(C)CC(C)C1.I. The second-order valence-corrected chi connectivity index (χ2v) is 8.81. The molecule has 0 bridgehead atoms. The predicted molar refractivity (Wildman–Crippen MR) is 128 cm³/mol. The first-order valence-corrected chi connectivity index (χ1v) is 11.1. The topological polar surface area (TPSA) is 52.6 Å². The highest BCUT2D eigenvalue weighted by molar-refractivity contribution is 14.0. The summed E-state index contributed by atoms with van der Waals surface area (Å²) in [6, 6.07) is 0. The molecule has 156 valence electrons. The number of nitrogens with zero attached hydrogens (tertiary/aromatic N) is 3. The first-order valence-electron chi connectivity index (χ1n) is 10.3. The van der Waals surface area contributed by atoms with Crippen LogP contribution < -0.4 is 10.6 Å². The Labute approximate surface area is 186 Å². The van der Waals surface area contributed by atoms with E-state index in [2.05, 4.69) is 53.2 Å². The van der Waals surface area contributed by atoms with Gasteiger partial charge in [0.25, 0.3) is 0 Å². The Balaban J connectivity index is 0.00000364. The average Bonchev–Trinajstić information content (AvgIpc) is 3.06. The summed E-state index contributed by atoms with van der Waals surface area (Å²) in [5.41, 5.74) is 0. The molecule has 0 aliphatic carbocycles. The number of halogens is 1. The maximum absolute atomic E-state index is 4.67. The minimum absolute atomic E-state index is 0. The molecule has 1 fully saturated rings. The van der Waals surface area contributed by atoms with Crippen molar-refractivity contribution in [2.75, 3.05) is 32.7 Å². The molecule has 2 N–H and O–H groups in total. The molecule has 0 radical (unpaired) electrons. The van der Waals surface area contributed by atoms with E-state index in [-0.39, 0.29) is 24.0 Å². The summed E-state index contributed by atoms with van der Waals surface area (Å²) in [5.74, 6) is 2.60. The molecular weight excluding hydrogens is 469 g/mol. The van der Waals surface area contributed by atoms with Crippen molar-refractivity contribution in [3.05, 3.63) is 16.1 Å². The Bertz CT molecular complexity index is 538. The maximum atomic E-state index is 4.67. The second-order valence-electron chi connectivity index (χ2n) is 7.61. The summed E-state index contributed by atoms with van der Waals surface area (Å²) in [7, 11) is 0. The predicted octanol–water partition coefficient (Wildman–Crippen LogP) is 4.14. The third-order valence-electron chi connectivity index (χ3n) is 4.80. The Kier molecular flexibility index (Phi) is 12.5. The number of likely N-dealkylation sites (tertiary alicyclic amines) is 1. The van der Waals surface area contributed by atoms with E-state index >= 15 is 0 Å². The third kappa shape index (κ3) is 9.56. The summed E-state index contributed by atoms with van der Waals surface area (Å²) in [4.78, 5) is 13.1. The number of unbranched alkanes of at least 4 members (excludes halogenated alkanes) is 1. The number of rotatable bonds is 9. The Morgan fingerprint density at radius 3 is 2.59 bits per heavy atom. The Morgan fingerprint density at radius 2 is 1.96 bits per heavy atom. The number of aliphatic imine (C=N–C) groups is 1. The summed E-state index contributed by atoms with van der Waals surface area (Å²) in [6.45, 7) is 15.3. The number of aryl methyl sites for hydroxylation is 1. The molecule has 2 atom stereocenters. The summed E-state index contributed by atoms with van der Waals surface area (Å²) in [6.07, 6.45) is 6.84. The zero-order chi connectivity index (χ0) is 18.8. The van der Waals surface area contributed by atoms with Gasteiger partial charge in [0.05, 0.1) is 6.54 Å². The number of piperidine rings is 1. The van der Waals surface area contributed by atoms with Gasteiger partial charge in [-0.05, 0) is 51.0 Å². The van der Waals surface area contributed by atoms with Crippen molar-refractivity contribution >= 4 is 41.3 Å². The minimum atomic E-state index is 0. The molecule has 1 saturated heterocycles. The maximum Gasteiger partial charge on any atom is 0.191 e. The zero-order valence-electron chi connectivity index (χ0n) is 17.5. The Hall–Kier alpha value is -0.410. The van der Waals surface area contributed by atoms with E-state index in [1.807, 2.05) is 6.20 Å². The molecular formula is C20H38IN5S. The number of guanidine groups is 1. The first kappa shape index (κ1) is 24.6. The second kappa shape index (κ2) is 13.7. The van der Waals surface area contributed by atoms with E-state index in [1.165, 1.54) is 43.8 Å². The van der Waals surface area contributed by atoms with Crippen LogP contribution in [-0.4, -0.2) is 48.6 Å². The van der Waals surface area contributed by atoms with Crippen LogP contribution >= 0.6 is 35.3 Å². The van der Waals surface area contributed by atoms with Gasteiger partial charge in [0.1, 0.15) is 5.01 Å². The fourth-order valence-electron chi connectivity index (χ4n) is 3.71. The van der Waals surface area contributed by atoms with Gasteiger partial charge in [-0.15, -0.1) is 35.3 Å². The van der Waals surface area contributed by atoms with Crippen molar-refractivity contribution in [1.82, 2.24) is 20.5 Å². The molecule has 27 heavy (non-hydrogen) atoms. The number of hydrogen-bond acceptors (Lipinski definition) is 4. The smallest absolute Gasteiger partial charge is 0.191 e. The highest BCUT2D eigenvalue weighted by atomic mass is 127. The van der Waals surface area contributed by atoms with Crippen LogP contribution in [0.15, 0.2) is 11.2 Å². The number of nitrogens with one attached hydrogen (secondary N) is 2. The molecule has 7 heteroatoms. The lowest BCUT2D eigenvalue weighted by Gasteiger charge is -2.34. The van der Waals surface area contributed by atoms with E-state index in [0.29, 0.717) is 6.54 Å². The molecule has 5 nitrogen and oxygen atoms in total. The third-order valence-corrected chi connectivity index (χ3v) is 5.93. The van der Waals surface area contributed by atoms with Gasteiger partial charge in [-0.1, -0.05) is 20.8 Å². The minimum Gasteiger partial charge on any atom is -0.357 e. The molecule has 2 heterocycles. The van der Waals surface area contributed by atoms with Crippen molar-refractivity contribution in [3.8, 4) is 0 Å². The molecule has 2 unspecified atom stereocenters. The molecule has 0 spiro atoms. The normalized spacial score (nSPS) is 21.0. The van der Waals surface area contributed by atoms with Crippen LogP contribution in [0.5, 0.6) is 0 Å². The van der Waals surface area contributed by atoms with Gasteiger partial charge in [-0.2, -0.15) is 0 Å². The van der Waals surface area contributed by atoms with Gasteiger partial charge in [0.2, 0.25) is 0 Å². The lowest BCUT2D eigenvalue weighted by atomic mass is 9.92. The zero-order valence-corrected chi connectivity index (χ0v) is 20.6. The van der Waals surface area contributed by atoms with Crippen LogP contribution in [0.2, 0.25) is 0 Å². The van der Waals surface area contributed by atoms with E-state index < -0.39 is 0 Å². The highest BCUT2D eigenvalue weighted by Crippen LogP contribution is 2.21. The van der Waals surface area contributed by atoms with Crippen LogP contribution in [0, 0.1) is 11.8 Å². The van der Waals surface area contributed by atoms with Crippen molar-refractivity contribution in [2.45, 2.75) is 59.9 Å². The van der Waals surface area contributed by atoms with Crippen molar-refractivity contribution in [3.63, 3.8) is 0 Å². The lowest BCUT2D eigenvalue weighted by Crippen LogP contribution is -2.40. The lowest BCUT2D eigenvalue weighted by molar-refractivity contribution is 0.139. The van der Waals surface area contributed by atoms with Gasteiger partial charge < -0.3 is 15.5 Å². The van der Waals surface area contributed by atoms with E-state index in [1.54, 1.807) is 11.3 Å². The van der Waals surface area contributed by atoms with Gasteiger partial charge in [0.15, 0.2) is 5.96 Å². The molecule has 1 aliphatic rings. The van der Waals surface area contributed by atoms with E-state index in [9.17, 15) is 0 Å². The molecule has 1 aromatic heterocycles. The molecule has 0 aromatic carbocycles. The van der Waals surface area contributed by atoms with Crippen LogP contribution in [0.1, 0.15) is 56.8 Å². The fourth-order valence-corrected chi connectivity index (χ4v) is 4.50. The standard InChI is InChI=1S/C20H37N5S.HI/c1-5-18-12-23-19(26-18)13-24-20(21-6-2)22-9-7-8-10-25-14-16(3)11-17(4)15-25;/h12,16-17H,5-11,13-15H2,1-4H3,(H2,21,22,24);1H. The molecule has 0 amide bonds. The van der Waals surface area contributed by atoms with Crippen LogP contribution in [0.4, 0.5) is 0 Å². The summed E-state index contributed by atoms with van der Waals surface area (Å²) < 4.78 is 0. The molecule has 1 aliphatic heterocycles. The number of thiazole rings is 1. The van der Waals surface area contributed by atoms with Gasteiger partial charge >= 0.3 is 0 Å². The van der Waals surface area contributed by atoms with Gasteiger partial charge in [-0.25, -0.2) is 9.98 Å². The van der Waals surface area contributed by atoms with Crippen molar-refractivity contribution in [1.29, 1.82) is 0 Å². The van der Waals surface area contributed by atoms with Crippen LogP contribution in [-0.2, 0) is 13.0 Å². The summed E-state index contributed by atoms with van der Waals surface area (Å²) in [5, 5.41) is 7.89. The number of hydrogen-bond donors (Lipinski definition) is 2. The average molecular weight is 508 g/mol. The number of aromatic nitrogens is 1. The first-order chi connectivity index (χ1) is 12.6. The Morgan fingerprint density at radius 1 is 1.22 bits per heavy atom. The molecule has 1 aromatic rings. The fraction of sp³-hybridized carbons (Fsp3) is 0.800. The van der Waals surface area contributed by atoms with Gasteiger partial charge in [0, 0.05) is 37.3 Å². The van der Waals surface area contributed by atoms with Crippen molar-refractivity contribution < 1.29 is 0 Å². The van der Waals surface area contributed by atoms with Crippen molar-refractivity contribution in [2.24, 2.45) is 16.8 Å². The van der Waals surface area contributed by atoms with E-state index in [0.717, 1.165) is 42.3 Å². The highest BCUT2D eigenvalue weighted by Gasteiger charge is 2.20. The monoisotopic (exact) mass is 507 g/mol. The summed E-state index contributed by atoms with van der Waals surface area (Å²) >= 11 is 1.76. The van der Waals surface area contributed by atoms with Crippen LogP contribution in [0.3, 0.4) is 0 Å². The van der Waals surface area contributed by atoms with Crippen LogP contribution in [0.25, 0.3) is 0 Å². The molecule has 2 rings (SSSR count).